The van der Waals surface area contributed by atoms with Crippen molar-refractivity contribution < 1.29 is 32.5 Å². The number of allylic oxidation sites excluding steroid dienone is 2. The Morgan fingerprint density at radius 2 is 1.86 bits per heavy atom. The molecule has 3 atom stereocenters. The molecule has 3 aromatic rings. The van der Waals surface area contributed by atoms with Gasteiger partial charge in [0.1, 0.15) is 11.8 Å². The minimum absolute atomic E-state index is 0. The predicted molar refractivity (Wildman–Crippen MR) is 161 cm³/mol. The van der Waals surface area contributed by atoms with Crippen molar-refractivity contribution in [2.45, 2.75) is 63.8 Å². The summed E-state index contributed by atoms with van der Waals surface area (Å²) < 4.78 is 53.8. The molecule has 0 spiro atoms. The maximum absolute atomic E-state index is 14.2. The predicted octanol–water partition coefficient (Wildman–Crippen LogP) is 6.99. The van der Waals surface area contributed by atoms with Gasteiger partial charge in [-0.2, -0.15) is 18.2 Å². The summed E-state index contributed by atoms with van der Waals surface area (Å²) in [5, 5.41) is 9.05. The maximum atomic E-state index is 14.2. The number of anilines is 1. The van der Waals surface area contributed by atoms with Crippen LogP contribution in [0.3, 0.4) is 0 Å². The summed E-state index contributed by atoms with van der Waals surface area (Å²) in [5.74, 6) is -0.771. The fraction of sp³-hybridized carbons (Fsp3) is 0.387. The number of nitrogen functional groups attached to an aromatic ring is 1. The number of benzene rings is 2. The summed E-state index contributed by atoms with van der Waals surface area (Å²) in [6, 6.07) is 13.8. The van der Waals surface area contributed by atoms with Gasteiger partial charge < -0.3 is 26.0 Å². The highest BCUT2D eigenvalue weighted by molar-refractivity contribution is 5.85. The summed E-state index contributed by atoms with van der Waals surface area (Å²) in [4.78, 5) is 19.2. The normalized spacial score (nSPS) is 16.4. The molecule has 2 aromatic carbocycles. The molecule has 0 saturated heterocycles. The Hall–Kier alpha value is -3.83. The molecule has 1 unspecified atom stereocenters. The van der Waals surface area contributed by atoms with E-state index in [0.29, 0.717) is 43.7 Å². The standard InChI is InChI=1S/C31H35F3N4O4.ClH/c1-2-3-15-41-24-6-4-5-23(17-24)20-11-13-22(14-12-20)28(31(32,33)34)42-27-18-26(37-30(36)38-27)21-9-7-19(8-10-21)16-25(35)29(39)40;/h4-6,9,11-14,17-19,25,28H,2-3,7-8,10,15-16,35H2,1H3,(H,39,40)(H2,36,37,38);1H/t19?,25-,28+;/m0./s1. The largest absolute Gasteiger partial charge is 0.494 e. The minimum atomic E-state index is -4.73. The second-order valence-corrected chi connectivity index (χ2v) is 10.4. The Balaban J connectivity index is 0.00000506. The van der Waals surface area contributed by atoms with E-state index in [1.165, 1.54) is 18.2 Å². The van der Waals surface area contributed by atoms with Crippen LogP contribution < -0.4 is 20.9 Å². The van der Waals surface area contributed by atoms with Gasteiger partial charge in [-0.15, -0.1) is 12.4 Å². The molecule has 0 amide bonds. The summed E-state index contributed by atoms with van der Waals surface area (Å²) in [6.07, 6.45) is -1.06. The molecule has 1 aromatic heterocycles. The molecule has 1 heterocycles. The van der Waals surface area contributed by atoms with E-state index >= 15 is 0 Å². The third kappa shape index (κ3) is 9.33. The van der Waals surface area contributed by atoms with Gasteiger partial charge in [0.25, 0.3) is 0 Å². The third-order valence-corrected chi connectivity index (χ3v) is 7.16. The van der Waals surface area contributed by atoms with E-state index in [2.05, 4.69) is 16.9 Å². The number of halogens is 4. The number of ether oxygens (including phenoxy) is 2. The van der Waals surface area contributed by atoms with Crippen LogP contribution in [0, 0.1) is 5.92 Å². The van der Waals surface area contributed by atoms with Gasteiger partial charge in [0, 0.05) is 11.6 Å². The van der Waals surface area contributed by atoms with Crippen LogP contribution in [0.4, 0.5) is 19.1 Å². The Kier molecular flexibility index (Phi) is 11.8. The van der Waals surface area contributed by atoms with Crippen LogP contribution >= 0.6 is 12.4 Å². The first-order chi connectivity index (χ1) is 20.0. The van der Waals surface area contributed by atoms with Gasteiger partial charge in [-0.05, 0) is 66.9 Å². The van der Waals surface area contributed by atoms with Gasteiger partial charge in [0.15, 0.2) is 0 Å². The number of aromatic nitrogens is 2. The third-order valence-electron chi connectivity index (χ3n) is 7.16. The van der Waals surface area contributed by atoms with Gasteiger partial charge >= 0.3 is 12.1 Å². The maximum Gasteiger partial charge on any atom is 0.429 e. The first kappa shape index (κ1) is 33.7. The Morgan fingerprint density at radius 1 is 1.12 bits per heavy atom. The molecule has 232 valence electrons. The molecule has 43 heavy (non-hydrogen) atoms. The Morgan fingerprint density at radius 3 is 2.49 bits per heavy atom. The first-order valence-electron chi connectivity index (χ1n) is 13.9. The van der Waals surface area contributed by atoms with E-state index < -0.39 is 24.3 Å². The smallest absolute Gasteiger partial charge is 0.429 e. The number of unbranched alkanes of at least 4 members (excludes halogenated alkanes) is 1. The SMILES string of the molecule is CCCCOc1cccc(-c2ccc([C@@H](Oc3cc(C4=CCC(C[C@H](N)C(=O)O)CC4)nc(N)n3)C(F)(F)F)cc2)c1.Cl. The molecule has 0 aliphatic heterocycles. The highest BCUT2D eigenvalue weighted by Gasteiger charge is 2.43. The van der Waals surface area contributed by atoms with Gasteiger partial charge in [-0.3, -0.25) is 4.79 Å². The number of aliphatic carboxylic acids is 1. The molecule has 0 bridgehead atoms. The lowest BCUT2D eigenvalue weighted by molar-refractivity contribution is -0.198. The van der Waals surface area contributed by atoms with Crippen molar-refractivity contribution in [3.05, 3.63) is 71.9 Å². The van der Waals surface area contributed by atoms with Crippen molar-refractivity contribution in [1.29, 1.82) is 0 Å². The number of rotatable bonds is 12. The van der Waals surface area contributed by atoms with E-state index in [4.69, 9.17) is 26.0 Å². The fourth-order valence-electron chi connectivity index (χ4n) is 4.86. The lowest BCUT2D eigenvalue weighted by atomic mass is 9.84. The highest BCUT2D eigenvalue weighted by atomic mass is 35.5. The van der Waals surface area contributed by atoms with Crippen LogP contribution in [-0.4, -0.2) is 39.9 Å². The zero-order valence-corrected chi connectivity index (χ0v) is 24.5. The van der Waals surface area contributed by atoms with Gasteiger partial charge in [-0.1, -0.05) is 55.8 Å². The van der Waals surface area contributed by atoms with Crippen LogP contribution in [-0.2, 0) is 4.79 Å². The summed E-state index contributed by atoms with van der Waals surface area (Å²) in [6.45, 7) is 2.67. The molecule has 0 saturated carbocycles. The Bertz CT molecular complexity index is 1400. The van der Waals surface area contributed by atoms with E-state index in [-0.39, 0.29) is 35.7 Å². The number of carbonyl (C=O) groups is 1. The number of hydrogen-bond donors (Lipinski definition) is 3. The molecule has 1 aliphatic rings. The topological polar surface area (TPSA) is 134 Å². The minimum Gasteiger partial charge on any atom is -0.494 e. The van der Waals surface area contributed by atoms with Crippen molar-refractivity contribution in [1.82, 2.24) is 9.97 Å². The van der Waals surface area contributed by atoms with Crippen LogP contribution in [0.1, 0.15) is 62.8 Å². The zero-order chi connectivity index (χ0) is 30.3. The van der Waals surface area contributed by atoms with Crippen molar-refractivity contribution in [2.75, 3.05) is 12.3 Å². The number of alkyl halides is 3. The van der Waals surface area contributed by atoms with Gasteiger partial charge in [-0.25, -0.2) is 4.98 Å². The average Bonchev–Trinajstić information content (AvgIpc) is 2.96. The van der Waals surface area contributed by atoms with Crippen molar-refractivity contribution >= 4 is 29.9 Å². The molecule has 4 rings (SSSR count). The van der Waals surface area contributed by atoms with E-state index in [1.807, 2.05) is 30.3 Å². The number of carboxylic acid groups (broad SMARTS) is 1. The van der Waals surface area contributed by atoms with Crippen LogP contribution in [0.5, 0.6) is 11.6 Å². The van der Waals surface area contributed by atoms with Crippen molar-refractivity contribution in [3.8, 4) is 22.8 Å². The highest BCUT2D eigenvalue weighted by Crippen LogP contribution is 2.39. The average molecular weight is 621 g/mol. The number of nitrogens with zero attached hydrogens (tertiary/aromatic N) is 2. The van der Waals surface area contributed by atoms with Crippen molar-refractivity contribution in [2.24, 2.45) is 11.7 Å². The second-order valence-electron chi connectivity index (χ2n) is 10.4. The molecule has 8 nitrogen and oxygen atoms in total. The summed E-state index contributed by atoms with van der Waals surface area (Å²) >= 11 is 0. The number of nitrogens with two attached hydrogens (primary N) is 2. The van der Waals surface area contributed by atoms with Crippen LogP contribution in [0.15, 0.2) is 60.7 Å². The molecule has 0 radical (unpaired) electrons. The summed E-state index contributed by atoms with van der Waals surface area (Å²) in [5.41, 5.74) is 14.1. The molecular weight excluding hydrogens is 585 g/mol. The molecular formula is C31H36ClF3N4O4. The molecule has 5 N–H and O–H groups in total. The van der Waals surface area contributed by atoms with Crippen molar-refractivity contribution in [3.63, 3.8) is 0 Å². The quantitative estimate of drug-likeness (QED) is 0.184. The molecule has 12 heteroatoms. The van der Waals surface area contributed by atoms with Gasteiger partial charge in [0.2, 0.25) is 17.9 Å². The lowest BCUT2D eigenvalue weighted by Gasteiger charge is -2.24. The van der Waals surface area contributed by atoms with E-state index in [1.54, 1.807) is 12.1 Å². The van der Waals surface area contributed by atoms with Crippen LogP contribution in [0.2, 0.25) is 0 Å². The molecule has 1 aliphatic carbocycles. The monoisotopic (exact) mass is 620 g/mol. The van der Waals surface area contributed by atoms with Crippen LogP contribution in [0.25, 0.3) is 16.7 Å². The van der Waals surface area contributed by atoms with Gasteiger partial charge in [0.05, 0.1) is 12.3 Å². The fourth-order valence-corrected chi connectivity index (χ4v) is 4.86. The number of hydrogen-bond acceptors (Lipinski definition) is 7. The number of carboxylic acids is 1. The van der Waals surface area contributed by atoms with E-state index in [0.717, 1.165) is 29.5 Å². The molecule has 0 fully saturated rings. The second kappa shape index (κ2) is 15.1. The Labute approximate surface area is 254 Å². The first-order valence-corrected chi connectivity index (χ1v) is 13.9. The zero-order valence-electron chi connectivity index (χ0n) is 23.7. The van der Waals surface area contributed by atoms with E-state index in [9.17, 15) is 18.0 Å². The summed E-state index contributed by atoms with van der Waals surface area (Å²) in [7, 11) is 0. The lowest BCUT2D eigenvalue weighted by Crippen LogP contribution is -2.32.